The first-order chi connectivity index (χ1) is 9.22. The maximum atomic E-state index is 13.5. The van der Waals surface area contributed by atoms with E-state index in [1.54, 1.807) is 12.3 Å². The van der Waals surface area contributed by atoms with Gasteiger partial charge in [-0.3, -0.25) is 4.98 Å². The largest absolute Gasteiger partial charge is 0.304 e. The second kappa shape index (κ2) is 6.78. The van der Waals surface area contributed by atoms with Crippen molar-refractivity contribution in [2.45, 2.75) is 25.9 Å². The summed E-state index contributed by atoms with van der Waals surface area (Å²) in [5.74, 6) is -0.267. The topological polar surface area (TPSA) is 24.9 Å². The van der Waals surface area contributed by atoms with Gasteiger partial charge in [0.1, 0.15) is 5.82 Å². The van der Waals surface area contributed by atoms with Crippen LogP contribution in [0.3, 0.4) is 0 Å². The van der Waals surface area contributed by atoms with Crippen LogP contribution >= 0.6 is 15.9 Å². The summed E-state index contributed by atoms with van der Waals surface area (Å²) in [4.78, 5) is 4.05. The maximum absolute atomic E-state index is 13.5. The maximum Gasteiger partial charge on any atom is 0.146 e. The second-order valence-electron chi connectivity index (χ2n) is 4.30. The first-order valence-corrected chi connectivity index (χ1v) is 7.09. The molecule has 19 heavy (non-hydrogen) atoms. The molecule has 0 aliphatic carbocycles. The van der Waals surface area contributed by atoms with E-state index in [2.05, 4.69) is 39.2 Å². The SMILES string of the molecule is CC[C@H](NCc1ncccc1F)c1ccccc1Br. The van der Waals surface area contributed by atoms with Gasteiger partial charge in [-0.25, -0.2) is 4.39 Å². The smallest absolute Gasteiger partial charge is 0.146 e. The highest BCUT2D eigenvalue weighted by atomic mass is 79.9. The number of benzene rings is 1. The molecule has 0 spiro atoms. The number of hydrogen-bond acceptors (Lipinski definition) is 2. The highest BCUT2D eigenvalue weighted by Gasteiger charge is 2.12. The molecule has 0 amide bonds. The van der Waals surface area contributed by atoms with Crippen LogP contribution in [0.4, 0.5) is 4.39 Å². The van der Waals surface area contributed by atoms with E-state index in [9.17, 15) is 4.39 Å². The molecule has 0 saturated carbocycles. The predicted octanol–water partition coefficient (Wildman–Crippen LogP) is 4.22. The molecule has 4 heteroatoms. The van der Waals surface area contributed by atoms with Crippen molar-refractivity contribution in [1.29, 1.82) is 0 Å². The molecule has 1 heterocycles. The van der Waals surface area contributed by atoms with Crippen LogP contribution in [-0.4, -0.2) is 4.98 Å². The highest BCUT2D eigenvalue weighted by Crippen LogP contribution is 2.25. The Balaban J connectivity index is 2.09. The van der Waals surface area contributed by atoms with Gasteiger partial charge in [0.25, 0.3) is 0 Å². The van der Waals surface area contributed by atoms with Gasteiger partial charge >= 0.3 is 0 Å². The van der Waals surface area contributed by atoms with Crippen molar-refractivity contribution in [2.75, 3.05) is 0 Å². The summed E-state index contributed by atoms with van der Waals surface area (Å²) in [7, 11) is 0. The van der Waals surface area contributed by atoms with Gasteiger partial charge in [-0.2, -0.15) is 0 Å². The molecule has 2 rings (SSSR count). The van der Waals surface area contributed by atoms with E-state index >= 15 is 0 Å². The minimum Gasteiger partial charge on any atom is -0.304 e. The van der Waals surface area contributed by atoms with E-state index in [0.717, 1.165) is 10.9 Å². The number of aromatic nitrogens is 1. The average molecular weight is 323 g/mol. The van der Waals surface area contributed by atoms with Crippen LogP contribution in [0.5, 0.6) is 0 Å². The molecule has 1 atom stereocenters. The van der Waals surface area contributed by atoms with Gasteiger partial charge in [0.15, 0.2) is 0 Å². The zero-order chi connectivity index (χ0) is 13.7. The third kappa shape index (κ3) is 3.61. The molecule has 0 fully saturated rings. The van der Waals surface area contributed by atoms with Crippen molar-refractivity contribution in [1.82, 2.24) is 10.3 Å². The number of pyridine rings is 1. The second-order valence-corrected chi connectivity index (χ2v) is 5.15. The van der Waals surface area contributed by atoms with E-state index in [0.29, 0.717) is 12.2 Å². The number of hydrogen-bond donors (Lipinski definition) is 1. The summed E-state index contributed by atoms with van der Waals surface area (Å²) in [5, 5.41) is 3.35. The quantitative estimate of drug-likeness (QED) is 0.891. The van der Waals surface area contributed by atoms with E-state index in [1.807, 2.05) is 18.2 Å². The number of rotatable bonds is 5. The molecular weight excluding hydrogens is 307 g/mol. The zero-order valence-electron chi connectivity index (χ0n) is 10.7. The van der Waals surface area contributed by atoms with Crippen LogP contribution < -0.4 is 5.32 Å². The van der Waals surface area contributed by atoms with E-state index in [-0.39, 0.29) is 11.9 Å². The zero-order valence-corrected chi connectivity index (χ0v) is 12.3. The van der Waals surface area contributed by atoms with Crippen molar-refractivity contribution in [3.8, 4) is 0 Å². The van der Waals surface area contributed by atoms with E-state index < -0.39 is 0 Å². The lowest BCUT2D eigenvalue weighted by Crippen LogP contribution is -2.21. The van der Waals surface area contributed by atoms with Crippen LogP contribution in [0, 0.1) is 5.82 Å². The molecule has 1 aromatic carbocycles. The normalized spacial score (nSPS) is 12.4. The van der Waals surface area contributed by atoms with Crippen LogP contribution in [0.15, 0.2) is 47.1 Å². The number of halogens is 2. The fourth-order valence-electron chi connectivity index (χ4n) is 2.00. The molecule has 2 aromatic rings. The van der Waals surface area contributed by atoms with Gasteiger partial charge in [-0.1, -0.05) is 41.1 Å². The Kier molecular flexibility index (Phi) is 5.05. The summed E-state index contributed by atoms with van der Waals surface area (Å²) in [5.41, 5.74) is 1.63. The fraction of sp³-hybridized carbons (Fsp3) is 0.267. The first-order valence-electron chi connectivity index (χ1n) is 6.29. The number of nitrogens with zero attached hydrogens (tertiary/aromatic N) is 1. The van der Waals surface area contributed by atoms with E-state index in [1.165, 1.54) is 11.6 Å². The van der Waals surface area contributed by atoms with Crippen LogP contribution in [0.1, 0.15) is 30.6 Å². The lowest BCUT2D eigenvalue weighted by molar-refractivity contribution is 0.495. The summed E-state index contributed by atoms with van der Waals surface area (Å²) in [6, 6.07) is 11.3. The minimum atomic E-state index is -0.267. The lowest BCUT2D eigenvalue weighted by atomic mass is 10.0. The van der Waals surface area contributed by atoms with Crippen molar-refractivity contribution >= 4 is 15.9 Å². The van der Waals surface area contributed by atoms with E-state index in [4.69, 9.17) is 0 Å². The van der Waals surface area contributed by atoms with Gasteiger partial charge in [0.05, 0.1) is 5.69 Å². The van der Waals surface area contributed by atoms with Crippen molar-refractivity contribution in [2.24, 2.45) is 0 Å². The summed E-state index contributed by atoms with van der Waals surface area (Å²) >= 11 is 3.55. The van der Waals surface area contributed by atoms with Crippen LogP contribution in [0.25, 0.3) is 0 Å². The van der Waals surface area contributed by atoms with Crippen LogP contribution in [0.2, 0.25) is 0 Å². The molecule has 1 aromatic heterocycles. The Hall–Kier alpha value is -1.26. The lowest BCUT2D eigenvalue weighted by Gasteiger charge is -2.18. The van der Waals surface area contributed by atoms with Gasteiger partial charge in [0, 0.05) is 23.3 Å². The van der Waals surface area contributed by atoms with Gasteiger partial charge in [-0.05, 0) is 30.2 Å². The van der Waals surface area contributed by atoms with Crippen LogP contribution in [-0.2, 0) is 6.54 Å². The van der Waals surface area contributed by atoms with Crippen molar-refractivity contribution in [3.05, 3.63) is 64.1 Å². The molecule has 0 bridgehead atoms. The Morgan fingerprint density at radius 3 is 2.74 bits per heavy atom. The Labute approximate surface area is 121 Å². The predicted molar refractivity (Wildman–Crippen MR) is 78.2 cm³/mol. The molecule has 100 valence electrons. The summed E-state index contributed by atoms with van der Waals surface area (Å²) < 4.78 is 14.6. The molecule has 0 aliphatic rings. The standard InChI is InChI=1S/C15H16BrFN2/c1-2-14(11-6-3-4-7-12(11)16)19-10-15-13(17)8-5-9-18-15/h3-9,14,19H,2,10H2,1H3/t14-/m0/s1. The van der Waals surface area contributed by atoms with Crippen molar-refractivity contribution in [3.63, 3.8) is 0 Å². The molecule has 2 nitrogen and oxygen atoms in total. The van der Waals surface area contributed by atoms with Gasteiger partial charge < -0.3 is 5.32 Å². The molecular formula is C15H16BrFN2. The fourth-order valence-corrected chi connectivity index (χ4v) is 2.56. The molecule has 0 saturated heterocycles. The average Bonchev–Trinajstić information content (AvgIpc) is 2.43. The monoisotopic (exact) mass is 322 g/mol. The highest BCUT2D eigenvalue weighted by molar-refractivity contribution is 9.10. The number of nitrogens with one attached hydrogen (secondary N) is 1. The van der Waals surface area contributed by atoms with Crippen molar-refractivity contribution < 1.29 is 4.39 Å². The Bertz CT molecular complexity index is 545. The Morgan fingerprint density at radius 2 is 2.05 bits per heavy atom. The first kappa shape index (κ1) is 14.2. The Morgan fingerprint density at radius 1 is 1.26 bits per heavy atom. The van der Waals surface area contributed by atoms with Gasteiger partial charge in [-0.15, -0.1) is 0 Å². The third-order valence-electron chi connectivity index (χ3n) is 3.04. The molecule has 0 unspecified atom stereocenters. The molecule has 1 N–H and O–H groups in total. The minimum absolute atomic E-state index is 0.178. The summed E-state index contributed by atoms with van der Waals surface area (Å²) in [6.07, 6.45) is 2.54. The molecule has 0 radical (unpaired) electrons. The third-order valence-corrected chi connectivity index (χ3v) is 3.76. The summed E-state index contributed by atoms with van der Waals surface area (Å²) in [6.45, 7) is 2.53. The molecule has 0 aliphatic heterocycles. The van der Waals surface area contributed by atoms with Gasteiger partial charge in [0.2, 0.25) is 0 Å².